The van der Waals surface area contributed by atoms with Crippen LogP contribution in [0.4, 0.5) is 8.78 Å². The Morgan fingerprint density at radius 2 is 2.29 bits per heavy atom. The van der Waals surface area contributed by atoms with Crippen molar-refractivity contribution in [3.63, 3.8) is 0 Å². The summed E-state index contributed by atoms with van der Waals surface area (Å²) in [6.07, 6.45) is -0.602. The molecule has 1 saturated heterocycles. The average Bonchev–Trinajstić information content (AvgIpc) is 2.54. The lowest BCUT2D eigenvalue weighted by molar-refractivity contribution is 0.136. The minimum atomic E-state index is -1.13. The zero-order chi connectivity index (χ0) is 9.97. The molecular formula is C8H8F2N2O2. The van der Waals surface area contributed by atoms with Crippen molar-refractivity contribution in [2.45, 2.75) is 12.5 Å². The van der Waals surface area contributed by atoms with Crippen LogP contribution in [0, 0.1) is 12.0 Å². The van der Waals surface area contributed by atoms with E-state index in [1.165, 1.54) is 0 Å². The Morgan fingerprint density at radius 3 is 2.93 bits per heavy atom. The molecule has 1 atom stereocenters. The fraction of sp³-hybridized carbons (Fsp3) is 0.500. The summed E-state index contributed by atoms with van der Waals surface area (Å²) < 4.78 is 35.3. The molecule has 0 amide bonds. The molecule has 4 nitrogen and oxygen atoms in total. The van der Waals surface area contributed by atoms with Crippen molar-refractivity contribution in [1.82, 2.24) is 9.97 Å². The lowest BCUT2D eigenvalue weighted by Gasteiger charge is -2.09. The van der Waals surface area contributed by atoms with Crippen LogP contribution in [0.3, 0.4) is 0 Å². The first-order chi connectivity index (χ1) is 6.74. The SMILES string of the molecule is Fc1cc(O[C@H]2CCOC2)nc(F)n1. The summed E-state index contributed by atoms with van der Waals surface area (Å²) in [6, 6.07) is 0.946. The third-order valence-corrected chi connectivity index (χ3v) is 1.82. The highest BCUT2D eigenvalue weighted by Gasteiger charge is 2.18. The molecule has 2 heterocycles. The summed E-state index contributed by atoms with van der Waals surface area (Å²) in [4.78, 5) is 6.16. The number of halogens is 2. The predicted octanol–water partition coefficient (Wildman–Crippen LogP) is 0.922. The fourth-order valence-corrected chi connectivity index (χ4v) is 1.21. The van der Waals surface area contributed by atoms with Gasteiger partial charge in [-0.3, -0.25) is 0 Å². The summed E-state index contributed by atoms with van der Waals surface area (Å²) in [5, 5.41) is 0. The molecule has 0 unspecified atom stereocenters. The number of ether oxygens (including phenoxy) is 2. The first-order valence-corrected chi connectivity index (χ1v) is 4.18. The van der Waals surface area contributed by atoms with Crippen LogP contribution in [-0.4, -0.2) is 29.3 Å². The van der Waals surface area contributed by atoms with Gasteiger partial charge in [-0.2, -0.15) is 18.7 Å². The van der Waals surface area contributed by atoms with Gasteiger partial charge in [0.15, 0.2) is 0 Å². The van der Waals surface area contributed by atoms with E-state index in [2.05, 4.69) is 9.97 Å². The highest BCUT2D eigenvalue weighted by molar-refractivity contribution is 5.07. The topological polar surface area (TPSA) is 44.2 Å². The van der Waals surface area contributed by atoms with Gasteiger partial charge in [-0.15, -0.1) is 0 Å². The Labute approximate surface area is 78.9 Å². The van der Waals surface area contributed by atoms with Gasteiger partial charge in [0, 0.05) is 6.42 Å². The van der Waals surface area contributed by atoms with Gasteiger partial charge >= 0.3 is 6.08 Å². The van der Waals surface area contributed by atoms with Crippen molar-refractivity contribution in [2.24, 2.45) is 0 Å². The minimum Gasteiger partial charge on any atom is -0.472 e. The van der Waals surface area contributed by atoms with E-state index in [0.29, 0.717) is 19.6 Å². The van der Waals surface area contributed by atoms with Gasteiger partial charge in [0.1, 0.15) is 6.10 Å². The van der Waals surface area contributed by atoms with E-state index in [1.807, 2.05) is 0 Å². The number of rotatable bonds is 2. The first-order valence-electron chi connectivity index (χ1n) is 4.18. The van der Waals surface area contributed by atoms with Crippen LogP contribution in [0.2, 0.25) is 0 Å². The van der Waals surface area contributed by atoms with Crippen LogP contribution in [-0.2, 0) is 4.74 Å². The van der Waals surface area contributed by atoms with Gasteiger partial charge < -0.3 is 9.47 Å². The maximum atomic E-state index is 12.6. The average molecular weight is 202 g/mol. The third-order valence-electron chi connectivity index (χ3n) is 1.82. The van der Waals surface area contributed by atoms with Crippen molar-refractivity contribution in [3.8, 4) is 5.88 Å². The number of nitrogens with zero attached hydrogens (tertiary/aromatic N) is 2. The van der Waals surface area contributed by atoms with Gasteiger partial charge in [-0.05, 0) is 0 Å². The standard InChI is InChI=1S/C8H8F2N2O2/c9-6-3-7(12-8(10)11-6)14-5-1-2-13-4-5/h3,5H,1-2,4H2/t5-/m0/s1. The Kier molecular flexibility index (Phi) is 2.53. The third kappa shape index (κ3) is 2.14. The van der Waals surface area contributed by atoms with Gasteiger partial charge in [0.25, 0.3) is 0 Å². The van der Waals surface area contributed by atoms with Crippen LogP contribution in [0.25, 0.3) is 0 Å². The summed E-state index contributed by atoms with van der Waals surface area (Å²) in [5.41, 5.74) is 0. The molecule has 0 aromatic carbocycles. The normalized spacial score (nSPS) is 21.1. The lowest BCUT2D eigenvalue weighted by atomic mass is 10.3. The van der Waals surface area contributed by atoms with E-state index in [0.717, 1.165) is 6.07 Å². The molecule has 1 aromatic rings. The van der Waals surface area contributed by atoms with Crippen molar-refractivity contribution in [1.29, 1.82) is 0 Å². The largest absolute Gasteiger partial charge is 0.472 e. The quantitative estimate of drug-likeness (QED) is 0.528. The molecule has 0 radical (unpaired) electrons. The highest BCUT2D eigenvalue weighted by Crippen LogP contribution is 2.14. The molecule has 0 saturated carbocycles. The molecular weight excluding hydrogens is 194 g/mol. The summed E-state index contributed by atoms with van der Waals surface area (Å²) in [6.45, 7) is 1.02. The Hall–Kier alpha value is -1.30. The molecule has 6 heteroatoms. The maximum absolute atomic E-state index is 12.6. The van der Waals surface area contributed by atoms with Crippen LogP contribution < -0.4 is 4.74 Å². The smallest absolute Gasteiger partial charge is 0.314 e. The number of aromatic nitrogens is 2. The summed E-state index contributed by atoms with van der Waals surface area (Å²) in [5.74, 6) is -1.03. The minimum absolute atomic E-state index is 0.0921. The van der Waals surface area contributed by atoms with E-state index in [4.69, 9.17) is 9.47 Å². The second-order valence-electron chi connectivity index (χ2n) is 2.90. The molecule has 0 bridgehead atoms. The lowest BCUT2D eigenvalue weighted by Crippen LogP contribution is -2.17. The van der Waals surface area contributed by atoms with Gasteiger partial charge in [0.2, 0.25) is 11.8 Å². The van der Waals surface area contributed by atoms with Gasteiger partial charge in [-0.25, -0.2) is 0 Å². The van der Waals surface area contributed by atoms with E-state index < -0.39 is 12.0 Å². The predicted molar refractivity (Wildman–Crippen MR) is 41.8 cm³/mol. The molecule has 0 spiro atoms. The first kappa shape index (κ1) is 9.26. The molecule has 0 N–H and O–H groups in total. The van der Waals surface area contributed by atoms with Gasteiger partial charge in [0.05, 0.1) is 19.3 Å². The van der Waals surface area contributed by atoms with E-state index in [1.54, 1.807) is 0 Å². The Morgan fingerprint density at radius 1 is 1.43 bits per heavy atom. The molecule has 1 aliphatic rings. The van der Waals surface area contributed by atoms with Crippen molar-refractivity contribution < 1.29 is 18.3 Å². The molecule has 0 aliphatic carbocycles. The van der Waals surface area contributed by atoms with Crippen LogP contribution in [0.1, 0.15) is 6.42 Å². The summed E-state index contributed by atoms with van der Waals surface area (Å²) in [7, 11) is 0. The zero-order valence-electron chi connectivity index (χ0n) is 7.24. The van der Waals surface area contributed by atoms with Gasteiger partial charge in [-0.1, -0.05) is 0 Å². The fourth-order valence-electron chi connectivity index (χ4n) is 1.21. The number of hydrogen-bond donors (Lipinski definition) is 0. The van der Waals surface area contributed by atoms with Crippen molar-refractivity contribution in [2.75, 3.05) is 13.2 Å². The van der Waals surface area contributed by atoms with Crippen LogP contribution >= 0.6 is 0 Å². The molecule has 2 rings (SSSR count). The second kappa shape index (κ2) is 3.83. The monoisotopic (exact) mass is 202 g/mol. The second-order valence-corrected chi connectivity index (χ2v) is 2.90. The van der Waals surface area contributed by atoms with E-state index in [9.17, 15) is 8.78 Å². The van der Waals surface area contributed by atoms with Crippen molar-refractivity contribution >= 4 is 0 Å². The molecule has 14 heavy (non-hydrogen) atoms. The molecule has 1 fully saturated rings. The van der Waals surface area contributed by atoms with Crippen LogP contribution in [0.15, 0.2) is 6.07 Å². The molecule has 1 aromatic heterocycles. The zero-order valence-corrected chi connectivity index (χ0v) is 7.24. The number of hydrogen-bond acceptors (Lipinski definition) is 4. The van der Waals surface area contributed by atoms with Crippen molar-refractivity contribution in [3.05, 3.63) is 18.1 Å². The Balaban J connectivity index is 2.07. The molecule has 1 aliphatic heterocycles. The van der Waals surface area contributed by atoms with E-state index >= 15 is 0 Å². The highest BCUT2D eigenvalue weighted by atomic mass is 19.1. The summed E-state index contributed by atoms with van der Waals surface area (Å²) >= 11 is 0. The van der Waals surface area contributed by atoms with Crippen LogP contribution in [0.5, 0.6) is 5.88 Å². The molecule has 76 valence electrons. The van der Waals surface area contributed by atoms with E-state index in [-0.39, 0.29) is 12.0 Å². The Bertz CT molecular complexity index is 309. The maximum Gasteiger partial charge on any atom is 0.314 e.